The van der Waals surface area contributed by atoms with E-state index in [0.717, 1.165) is 6.26 Å². The van der Waals surface area contributed by atoms with Crippen LogP contribution in [-0.2, 0) is 4.79 Å². The van der Waals surface area contributed by atoms with E-state index >= 15 is 0 Å². The first kappa shape index (κ1) is 14.1. The summed E-state index contributed by atoms with van der Waals surface area (Å²) in [4.78, 5) is 24.5. The molecule has 4 N–H and O–H groups in total. The minimum Gasteiger partial charge on any atom is -0.462 e. The quantitative estimate of drug-likeness (QED) is 0.780. The van der Waals surface area contributed by atoms with Gasteiger partial charge in [0.15, 0.2) is 0 Å². The molecule has 22 heavy (non-hydrogen) atoms. The minimum absolute atomic E-state index is 0.0472. The lowest BCUT2D eigenvalue weighted by molar-refractivity contribution is -0.528. The molecule has 1 aliphatic heterocycles. The second kappa shape index (κ2) is 4.60. The van der Waals surface area contributed by atoms with Crippen LogP contribution in [0.4, 0.5) is 29.3 Å². The van der Waals surface area contributed by atoms with Crippen LogP contribution in [0.1, 0.15) is 0 Å². The van der Waals surface area contributed by atoms with E-state index in [9.17, 15) is 22.8 Å². The van der Waals surface area contributed by atoms with E-state index in [1.165, 1.54) is 12.1 Å². The van der Waals surface area contributed by atoms with Gasteiger partial charge in [0.25, 0.3) is 5.91 Å². The maximum atomic E-state index is 12.6. The molecule has 1 aromatic carbocycles. The molecule has 0 atom stereocenters. The molecule has 2 heterocycles. The van der Waals surface area contributed by atoms with E-state index in [1.807, 2.05) is 0 Å². The highest BCUT2D eigenvalue weighted by Crippen LogP contribution is 2.32. The summed E-state index contributed by atoms with van der Waals surface area (Å²) in [5.41, 5.74) is 5.11. The molecule has 0 spiro atoms. The standard InChI is InChI=1S/C13H8F3N3O3/c14-13(15,16)10-4-11(20)19(12(21)18-10)8-5-22-9-2-1-6(17)3-7(8)9/h1-5H,17H2,(H,18,21)/p+1. The number of benzene rings is 1. The van der Waals surface area contributed by atoms with Gasteiger partial charge >= 0.3 is 12.2 Å². The predicted molar refractivity (Wildman–Crippen MR) is 69.6 cm³/mol. The number of carbonyl (C=O) groups excluding carboxylic acids is 2. The Bertz CT molecular complexity index is 823. The van der Waals surface area contributed by atoms with Crippen molar-refractivity contribution in [3.8, 4) is 0 Å². The zero-order valence-electron chi connectivity index (χ0n) is 10.8. The van der Waals surface area contributed by atoms with Crippen molar-refractivity contribution in [1.29, 1.82) is 0 Å². The third kappa shape index (κ3) is 2.21. The second-order valence-corrected chi connectivity index (χ2v) is 4.63. The monoisotopic (exact) mass is 312 g/mol. The van der Waals surface area contributed by atoms with Gasteiger partial charge in [0.2, 0.25) is 5.70 Å². The highest BCUT2D eigenvalue weighted by molar-refractivity contribution is 6.20. The third-order valence-corrected chi connectivity index (χ3v) is 3.14. The molecule has 3 rings (SSSR count). The minimum atomic E-state index is -4.76. The molecule has 9 heteroatoms. The lowest BCUT2D eigenvalue weighted by Gasteiger charge is -2.21. The zero-order valence-corrected chi connectivity index (χ0v) is 10.8. The number of allylic oxidation sites excluding steroid dienone is 1. The molecule has 0 saturated heterocycles. The van der Waals surface area contributed by atoms with Crippen molar-refractivity contribution >= 4 is 34.3 Å². The van der Waals surface area contributed by atoms with Crippen molar-refractivity contribution in [2.75, 3.05) is 10.6 Å². The largest absolute Gasteiger partial charge is 0.467 e. The maximum absolute atomic E-state index is 12.6. The summed E-state index contributed by atoms with van der Waals surface area (Å²) < 4.78 is 43.0. The molecule has 0 aliphatic carbocycles. The van der Waals surface area contributed by atoms with Gasteiger partial charge in [-0.15, -0.1) is 0 Å². The lowest BCUT2D eigenvalue weighted by Crippen LogP contribution is -2.93. The zero-order chi connectivity index (χ0) is 16.1. The van der Waals surface area contributed by atoms with Gasteiger partial charge in [-0.2, -0.15) is 18.1 Å². The maximum Gasteiger partial charge on any atom is 0.467 e. The van der Waals surface area contributed by atoms with Crippen molar-refractivity contribution in [1.82, 2.24) is 0 Å². The van der Waals surface area contributed by atoms with E-state index in [2.05, 4.69) is 0 Å². The SMILES string of the molecule is Nc1ccc2occ(N3C(=O)C=C(C(F)(F)F)[NH2+]C3=O)c2c1. The van der Waals surface area contributed by atoms with Crippen molar-refractivity contribution in [2.24, 2.45) is 0 Å². The number of furan rings is 1. The van der Waals surface area contributed by atoms with Crippen LogP contribution in [0.3, 0.4) is 0 Å². The topological polar surface area (TPSA) is 93.2 Å². The molecule has 0 fully saturated rings. The number of hydrogen-bond donors (Lipinski definition) is 2. The number of imide groups is 1. The number of nitrogen functional groups attached to an aromatic ring is 1. The fraction of sp³-hybridized carbons (Fsp3) is 0.0769. The highest BCUT2D eigenvalue weighted by Gasteiger charge is 2.46. The first-order chi connectivity index (χ1) is 10.3. The van der Waals surface area contributed by atoms with Gasteiger partial charge in [-0.25, -0.2) is 10.1 Å². The van der Waals surface area contributed by atoms with Gasteiger partial charge in [0, 0.05) is 11.1 Å². The van der Waals surface area contributed by atoms with Crippen molar-refractivity contribution in [2.45, 2.75) is 6.18 Å². The Morgan fingerprint density at radius 2 is 1.95 bits per heavy atom. The van der Waals surface area contributed by atoms with Crippen LogP contribution in [0, 0.1) is 0 Å². The van der Waals surface area contributed by atoms with Gasteiger partial charge in [-0.1, -0.05) is 0 Å². The number of fused-ring (bicyclic) bond motifs is 1. The first-order valence-corrected chi connectivity index (χ1v) is 6.06. The van der Waals surface area contributed by atoms with Crippen LogP contribution >= 0.6 is 0 Å². The Labute approximate surface area is 121 Å². The van der Waals surface area contributed by atoms with Crippen LogP contribution in [0.5, 0.6) is 0 Å². The van der Waals surface area contributed by atoms with Crippen LogP contribution in [-0.4, -0.2) is 18.1 Å². The number of hydrogen-bond acceptors (Lipinski definition) is 4. The Hall–Kier alpha value is -2.81. The van der Waals surface area contributed by atoms with Gasteiger partial charge in [-0.3, -0.25) is 4.79 Å². The number of amides is 3. The number of alkyl halides is 3. The fourth-order valence-corrected chi connectivity index (χ4v) is 2.15. The molecule has 6 nitrogen and oxygen atoms in total. The molecule has 114 valence electrons. The summed E-state index contributed by atoms with van der Waals surface area (Å²) in [6.07, 6.45) is -3.27. The van der Waals surface area contributed by atoms with Crippen molar-refractivity contribution < 1.29 is 32.5 Å². The summed E-state index contributed by atoms with van der Waals surface area (Å²) in [6.45, 7) is 0. The van der Waals surface area contributed by atoms with Gasteiger partial charge in [-0.05, 0) is 18.2 Å². The number of quaternary nitrogens is 1. The molecular formula is C13H9F3N3O3+. The summed E-state index contributed by atoms with van der Waals surface area (Å²) >= 11 is 0. The van der Waals surface area contributed by atoms with Gasteiger partial charge < -0.3 is 10.2 Å². The van der Waals surface area contributed by atoms with Crippen molar-refractivity contribution in [3.05, 3.63) is 36.2 Å². The normalized spacial score (nSPS) is 16.3. The Morgan fingerprint density at radius 3 is 2.59 bits per heavy atom. The Morgan fingerprint density at radius 1 is 1.23 bits per heavy atom. The molecule has 2 aromatic rings. The smallest absolute Gasteiger partial charge is 0.462 e. The number of carbonyl (C=O) groups is 2. The van der Waals surface area contributed by atoms with Gasteiger partial charge in [0.1, 0.15) is 17.5 Å². The second-order valence-electron chi connectivity index (χ2n) is 4.63. The van der Waals surface area contributed by atoms with E-state index in [0.29, 0.717) is 32.9 Å². The van der Waals surface area contributed by atoms with E-state index in [1.54, 1.807) is 6.07 Å². The number of nitrogens with two attached hydrogens (primary N) is 2. The molecule has 0 unspecified atom stereocenters. The number of primary amides is 1. The Balaban J connectivity index is 2.08. The number of urea groups is 1. The molecule has 0 bridgehead atoms. The van der Waals surface area contributed by atoms with Crippen LogP contribution < -0.4 is 16.0 Å². The first-order valence-electron chi connectivity index (χ1n) is 6.06. The van der Waals surface area contributed by atoms with E-state index in [4.69, 9.17) is 10.2 Å². The molecule has 0 saturated carbocycles. The summed E-state index contributed by atoms with van der Waals surface area (Å²) in [5.74, 6) is -1.09. The highest BCUT2D eigenvalue weighted by atomic mass is 19.4. The lowest BCUT2D eigenvalue weighted by atomic mass is 10.2. The molecule has 1 aromatic heterocycles. The number of halogens is 3. The summed E-state index contributed by atoms with van der Waals surface area (Å²) in [6, 6.07) is 3.47. The van der Waals surface area contributed by atoms with Gasteiger partial charge in [0.05, 0.1) is 6.08 Å². The average molecular weight is 312 g/mol. The van der Waals surface area contributed by atoms with E-state index < -0.39 is 23.8 Å². The summed E-state index contributed by atoms with van der Waals surface area (Å²) in [5, 5.41) is 0.728. The van der Waals surface area contributed by atoms with E-state index in [-0.39, 0.29) is 5.69 Å². The number of nitrogens with zero attached hydrogens (tertiary/aromatic N) is 1. The Kier molecular flexibility index (Phi) is 2.96. The molecule has 1 aliphatic rings. The number of anilines is 2. The number of rotatable bonds is 1. The van der Waals surface area contributed by atoms with Crippen molar-refractivity contribution in [3.63, 3.8) is 0 Å². The van der Waals surface area contributed by atoms with Crippen LogP contribution in [0.15, 0.2) is 40.7 Å². The summed E-state index contributed by atoms with van der Waals surface area (Å²) in [7, 11) is 0. The molecule has 3 amide bonds. The average Bonchev–Trinajstić information content (AvgIpc) is 2.80. The predicted octanol–water partition coefficient (Wildman–Crippen LogP) is 1.49. The molecular weight excluding hydrogens is 303 g/mol. The third-order valence-electron chi connectivity index (χ3n) is 3.14. The molecule has 0 radical (unpaired) electrons. The fourth-order valence-electron chi connectivity index (χ4n) is 2.15. The van der Waals surface area contributed by atoms with Crippen LogP contribution in [0.2, 0.25) is 0 Å². The van der Waals surface area contributed by atoms with Crippen LogP contribution in [0.25, 0.3) is 11.0 Å².